The average Bonchev–Trinajstić information content (AvgIpc) is 3.19. The van der Waals surface area contributed by atoms with Gasteiger partial charge in [-0.1, -0.05) is 208 Å². The summed E-state index contributed by atoms with van der Waals surface area (Å²) >= 11 is 0. The zero-order valence-electron chi connectivity index (χ0n) is 37.8. The van der Waals surface area contributed by atoms with Crippen LogP contribution in [0.1, 0.15) is 119 Å². The zero-order chi connectivity index (χ0) is 41.8. The minimum atomic E-state index is 1.25. The summed E-state index contributed by atoms with van der Waals surface area (Å²) in [5.74, 6) is 0. The highest BCUT2D eigenvalue weighted by Gasteiger charge is 1.99. The Hall–Kier alpha value is -4.68. The van der Waals surface area contributed by atoms with E-state index in [1.807, 2.05) is 13.8 Å². The van der Waals surface area contributed by atoms with E-state index in [1.54, 1.807) is 0 Å². The van der Waals surface area contributed by atoms with E-state index in [2.05, 4.69) is 230 Å². The molecule has 296 valence electrons. The van der Waals surface area contributed by atoms with E-state index in [9.17, 15) is 0 Å². The molecule has 0 spiro atoms. The van der Waals surface area contributed by atoms with Gasteiger partial charge in [-0.25, -0.2) is 0 Å². The van der Waals surface area contributed by atoms with Crippen molar-refractivity contribution >= 4 is 32.3 Å². The predicted molar refractivity (Wildman–Crippen MR) is 255 cm³/mol. The van der Waals surface area contributed by atoms with Crippen LogP contribution in [0.15, 0.2) is 133 Å². The molecule has 0 heteroatoms. The number of hydrogen-bond donors (Lipinski definition) is 0. The molecule has 0 aliphatic carbocycles. The summed E-state index contributed by atoms with van der Waals surface area (Å²) in [6.07, 6.45) is 3.75. The molecule has 0 bridgehead atoms. The first-order valence-electron chi connectivity index (χ1n) is 20.8. The molecule has 0 aliphatic heterocycles. The molecule has 0 atom stereocenters. The van der Waals surface area contributed by atoms with Gasteiger partial charge in [0.15, 0.2) is 0 Å². The van der Waals surface area contributed by atoms with Gasteiger partial charge in [0.1, 0.15) is 0 Å². The van der Waals surface area contributed by atoms with E-state index < -0.39 is 0 Å². The van der Waals surface area contributed by atoms with Crippen molar-refractivity contribution in [2.75, 3.05) is 0 Å². The predicted octanol–water partition coefficient (Wildman–Crippen LogP) is 17.9. The summed E-state index contributed by atoms with van der Waals surface area (Å²) in [4.78, 5) is 0. The molecule has 7 aromatic carbocycles. The second-order valence-corrected chi connectivity index (χ2v) is 13.9. The fourth-order valence-corrected chi connectivity index (χ4v) is 5.20. The molecule has 0 amide bonds. The second-order valence-electron chi connectivity index (χ2n) is 13.9. The fourth-order valence-electron chi connectivity index (χ4n) is 5.20. The third-order valence-corrected chi connectivity index (χ3v) is 8.73. The number of aryl methyl sites for hydroxylation is 8. The van der Waals surface area contributed by atoms with Crippen LogP contribution in [0.25, 0.3) is 32.3 Å². The maximum absolute atomic E-state index is 2.24. The molecule has 0 N–H and O–H groups in total. The molecule has 0 fully saturated rings. The van der Waals surface area contributed by atoms with E-state index in [4.69, 9.17) is 0 Å². The Kier molecular flexibility index (Phi) is 27.1. The molecule has 0 radical (unpaired) electrons. The maximum atomic E-state index is 2.24. The Morgan fingerprint density at radius 2 is 0.527 bits per heavy atom. The largest absolute Gasteiger partial charge is 0.0683 e. The third-order valence-electron chi connectivity index (χ3n) is 8.73. The Morgan fingerprint density at radius 3 is 0.818 bits per heavy atom. The molecule has 0 saturated heterocycles. The minimum absolute atomic E-state index is 1.25. The quantitative estimate of drug-likeness (QED) is 0.145. The first kappa shape index (κ1) is 50.3. The van der Waals surface area contributed by atoms with Gasteiger partial charge in [0.05, 0.1) is 0 Å². The topological polar surface area (TPSA) is 0 Å². The number of fused-ring (bicyclic) bond motifs is 3. The van der Waals surface area contributed by atoms with Gasteiger partial charge in [0.25, 0.3) is 0 Å². The van der Waals surface area contributed by atoms with Gasteiger partial charge in [0.2, 0.25) is 0 Å². The van der Waals surface area contributed by atoms with Crippen LogP contribution in [0, 0.1) is 55.4 Å². The maximum Gasteiger partial charge on any atom is -0.0152 e. The molecule has 55 heavy (non-hydrogen) atoms. The summed E-state index contributed by atoms with van der Waals surface area (Å²) in [5, 5.41) is 8.08. The van der Waals surface area contributed by atoms with Crippen LogP contribution >= 0.6 is 0 Å². The van der Waals surface area contributed by atoms with Crippen molar-refractivity contribution < 1.29 is 0 Å². The lowest BCUT2D eigenvalue weighted by molar-refractivity contribution is 1.09. The van der Waals surface area contributed by atoms with Gasteiger partial charge in [-0.15, -0.1) is 0 Å². The molecule has 0 unspecified atom stereocenters. The molecular formula is C55H76. The molecule has 0 saturated carbocycles. The number of benzene rings is 7. The second kappa shape index (κ2) is 29.6. The Morgan fingerprint density at radius 1 is 0.273 bits per heavy atom. The summed E-state index contributed by atoms with van der Waals surface area (Å²) in [6, 6.07) is 47.0. The Labute approximate surface area is 339 Å². The normalized spacial score (nSPS) is 9.31. The lowest BCUT2D eigenvalue weighted by Gasteiger charge is -2.04. The minimum Gasteiger partial charge on any atom is -0.0683 e. The number of rotatable bonds is 0. The van der Waals surface area contributed by atoms with Gasteiger partial charge in [-0.3, -0.25) is 0 Å². The van der Waals surface area contributed by atoms with Gasteiger partial charge >= 0.3 is 0 Å². The molecule has 7 rings (SSSR count). The van der Waals surface area contributed by atoms with E-state index in [0.29, 0.717) is 0 Å². The molecule has 0 heterocycles. The third kappa shape index (κ3) is 18.5. The van der Waals surface area contributed by atoms with Crippen LogP contribution in [-0.2, 0) is 0 Å². The highest BCUT2D eigenvalue weighted by molar-refractivity contribution is 5.87. The van der Waals surface area contributed by atoms with Gasteiger partial charge < -0.3 is 0 Å². The SMILES string of the molecule is CC.CCC.CCC.CCC.Cc1cc2ccccc2cc1C.Cc1ccc2ccccc2c1C.Cc1ccc2ccccc2c1C.Cc1ccccc1C. The monoisotopic (exact) mass is 737 g/mol. The fraction of sp³-hybridized carbons (Fsp3) is 0.345. The van der Waals surface area contributed by atoms with Gasteiger partial charge in [-0.05, 0) is 132 Å². The van der Waals surface area contributed by atoms with E-state index in [1.165, 1.54) is 96.1 Å². The van der Waals surface area contributed by atoms with Crippen molar-refractivity contribution in [1.29, 1.82) is 0 Å². The Balaban J connectivity index is 0.000000654. The van der Waals surface area contributed by atoms with Gasteiger partial charge in [0, 0.05) is 0 Å². The molecule has 0 aliphatic rings. The van der Waals surface area contributed by atoms with Crippen LogP contribution in [0.2, 0.25) is 0 Å². The van der Waals surface area contributed by atoms with Crippen LogP contribution < -0.4 is 0 Å². The van der Waals surface area contributed by atoms with Crippen LogP contribution in [0.3, 0.4) is 0 Å². The Bertz CT molecular complexity index is 1880. The van der Waals surface area contributed by atoms with Gasteiger partial charge in [-0.2, -0.15) is 0 Å². The molecule has 7 aromatic rings. The van der Waals surface area contributed by atoms with Crippen molar-refractivity contribution in [1.82, 2.24) is 0 Å². The highest BCUT2D eigenvalue weighted by Crippen LogP contribution is 2.22. The average molecular weight is 737 g/mol. The molecule has 0 nitrogen and oxygen atoms in total. The number of hydrogen-bond acceptors (Lipinski definition) is 0. The van der Waals surface area contributed by atoms with E-state index >= 15 is 0 Å². The van der Waals surface area contributed by atoms with Crippen LogP contribution in [0.5, 0.6) is 0 Å². The summed E-state index contributed by atoms with van der Waals surface area (Å²) in [7, 11) is 0. The van der Waals surface area contributed by atoms with E-state index in [-0.39, 0.29) is 0 Å². The lowest BCUT2D eigenvalue weighted by Crippen LogP contribution is -1.82. The first-order chi connectivity index (χ1) is 26.4. The van der Waals surface area contributed by atoms with Crippen molar-refractivity contribution in [2.45, 2.75) is 130 Å². The summed E-state index contributed by atoms with van der Waals surface area (Å²) in [6.45, 7) is 34.0. The molecule has 0 aromatic heterocycles. The summed E-state index contributed by atoms with van der Waals surface area (Å²) < 4.78 is 0. The van der Waals surface area contributed by atoms with Crippen LogP contribution in [0.4, 0.5) is 0 Å². The molecular weight excluding hydrogens is 661 g/mol. The van der Waals surface area contributed by atoms with Crippen molar-refractivity contribution in [3.8, 4) is 0 Å². The smallest absolute Gasteiger partial charge is 0.0152 e. The van der Waals surface area contributed by atoms with Crippen molar-refractivity contribution in [2.24, 2.45) is 0 Å². The highest BCUT2D eigenvalue weighted by atomic mass is 14.0. The van der Waals surface area contributed by atoms with Crippen molar-refractivity contribution in [3.63, 3.8) is 0 Å². The first-order valence-corrected chi connectivity index (χ1v) is 20.8. The lowest BCUT2D eigenvalue weighted by atomic mass is 10.0. The van der Waals surface area contributed by atoms with Crippen LogP contribution in [-0.4, -0.2) is 0 Å². The summed E-state index contributed by atoms with van der Waals surface area (Å²) in [5.41, 5.74) is 11.0. The van der Waals surface area contributed by atoms with E-state index in [0.717, 1.165) is 0 Å². The zero-order valence-corrected chi connectivity index (χ0v) is 37.8. The van der Waals surface area contributed by atoms with Crippen molar-refractivity contribution in [3.05, 3.63) is 178 Å². The standard InChI is InChI=1S/3C12H12.C8H10.3C3H8.C2H6/c1-9-7-11-5-3-4-6-12(11)8-10(9)2;2*1-9-7-8-11-5-3-4-6-12(11)10(9)2;1-7-5-3-4-6-8(7)2;3*1-3-2;1-2/h3*3-8H,1-2H3;3-6H,1-2H3;3*3H2,1-2H3;1-2H3.